The highest BCUT2D eigenvalue weighted by Gasteiger charge is 2.00. The highest BCUT2D eigenvalue weighted by Crippen LogP contribution is 2.12. The lowest BCUT2D eigenvalue weighted by Gasteiger charge is -1.98. The number of rotatable bonds is 3. The van der Waals surface area contributed by atoms with E-state index in [1.54, 1.807) is 12.3 Å². The van der Waals surface area contributed by atoms with Gasteiger partial charge in [-0.3, -0.25) is 5.43 Å². The SMILES string of the molecule is Clc1ncc(C=NNc2ccccn2)c(Cl)n1. The molecule has 0 radical (unpaired) electrons. The lowest BCUT2D eigenvalue weighted by Crippen LogP contribution is -1.95. The molecule has 17 heavy (non-hydrogen) atoms. The quantitative estimate of drug-likeness (QED) is 0.402. The lowest BCUT2D eigenvalue weighted by molar-refractivity contribution is 1.16. The molecule has 2 heterocycles. The Kier molecular flexibility index (Phi) is 3.85. The van der Waals surface area contributed by atoms with Crippen molar-refractivity contribution in [2.24, 2.45) is 5.10 Å². The number of hydrogen-bond acceptors (Lipinski definition) is 5. The molecule has 7 heteroatoms. The molecule has 0 aliphatic heterocycles. The summed E-state index contributed by atoms with van der Waals surface area (Å²) in [6, 6.07) is 5.46. The average Bonchev–Trinajstić information content (AvgIpc) is 2.33. The van der Waals surface area contributed by atoms with E-state index in [9.17, 15) is 0 Å². The topological polar surface area (TPSA) is 63.1 Å². The van der Waals surface area contributed by atoms with Gasteiger partial charge >= 0.3 is 0 Å². The largest absolute Gasteiger partial charge is 0.261 e. The highest BCUT2D eigenvalue weighted by atomic mass is 35.5. The van der Waals surface area contributed by atoms with Crippen LogP contribution >= 0.6 is 23.2 Å². The minimum atomic E-state index is 0.102. The zero-order chi connectivity index (χ0) is 12.1. The molecule has 0 aromatic carbocycles. The third-order valence-corrected chi connectivity index (χ3v) is 2.27. The van der Waals surface area contributed by atoms with Crippen molar-refractivity contribution >= 4 is 35.2 Å². The predicted octanol–water partition coefficient (Wildman–Crippen LogP) is 2.62. The summed E-state index contributed by atoms with van der Waals surface area (Å²) in [7, 11) is 0. The number of halogens is 2. The monoisotopic (exact) mass is 267 g/mol. The van der Waals surface area contributed by atoms with Crippen LogP contribution < -0.4 is 5.43 Å². The second kappa shape index (κ2) is 5.56. The molecule has 2 aromatic heterocycles. The van der Waals surface area contributed by atoms with E-state index in [0.717, 1.165) is 0 Å². The van der Waals surface area contributed by atoms with Gasteiger partial charge in [-0.1, -0.05) is 17.7 Å². The summed E-state index contributed by atoms with van der Waals surface area (Å²) in [5.74, 6) is 0.634. The van der Waals surface area contributed by atoms with Gasteiger partial charge in [0.2, 0.25) is 5.28 Å². The van der Waals surface area contributed by atoms with Crippen molar-refractivity contribution in [1.29, 1.82) is 0 Å². The first-order valence-corrected chi connectivity index (χ1v) is 5.39. The van der Waals surface area contributed by atoms with Gasteiger partial charge in [-0.25, -0.2) is 15.0 Å². The van der Waals surface area contributed by atoms with E-state index in [1.807, 2.05) is 12.1 Å². The van der Waals surface area contributed by atoms with Gasteiger partial charge in [0.15, 0.2) is 0 Å². The molecule has 0 saturated carbocycles. The highest BCUT2D eigenvalue weighted by molar-refractivity contribution is 6.33. The number of anilines is 1. The van der Waals surface area contributed by atoms with E-state index in [1.165, 1.54) is 12.4 Å². The van der Waals surface area contributed by atoms with Crippen LogP contribution in [-0.2, 0) is 0 Å². The van der Waals surface area contributed by atoms with E-state index in [4.69, 9.17) is 23.2 Å². The van der Waals surface area contributed by atoms with Crippen molar-refractivity contribution in [2.75, 3.05) is 5.43 Å². The minimum Gasteiger partial charge on any atom is -0.261 e. The fourth-order valence-electron chi connectivity index (χ4n) is 1.03. The summed E-state index contributed by atoms with van der Waals surface area (Å²) in [6.45, 7) is 0. The van der Waals surface area contributed by atoms with E-state index in [2.05, 4.69) is 25.5 Å². The number of pyridine rings is 1. The molecule has 0 unspecified atom stereocenters. The zero-order valence-electron chi connectivity index (χ0n) is 8.51. The van der Waals surface area contributed by atoms with Crippen molar-refractivity contribution in [1.82, 2.24) is 15.0 Å². The molecule has 0 atom stereocenters. The molecule has 2 aromatic rings. The molecule has 0 amide bonds. The van der Waals surface area contributed by atoms with Crippen LogP contribution in [0, 0.1) is 0 Å². The van der Waals surface area contributed by atoms with E-state index in [0.29, 0.717) is 11.4 Å². The lowest BCUT2D eigenvalue weighted by atomic mass is 10.4. The summed E-state index contributed by atoms with van der Waals surface area (Å²) in [6.07, 6.45) is 4.64. The van der Waals surface area contributed by atoms with Crippen LogP contribution in [0.4, 0.5) is 5.82 Å². The molecule has 2 rings (SSSR count). The fourth-order valence-corrected chi connectivity index (χ4v) is 1.39. The van der Waals surface area contributed by atoms with Gasteiger partial charge in [-0.15, -0.1) is 0 Å². The van der Waals surface area contributed by atoms with Gasteiger partial charge in [0.05, 0.1) is 11.8 Å². The molecule has 5 nitrogen and oxygen atoms in total. The third kappa shape index (κ3) is 3.37. The summed E-state index contributed by atoms with van der Waals surface area (Å²) in [5.41, 5.74) is 3.32. The average molecular weight is 268 g/mol. The van der Waals surface area contributed by atoms with Crippen molar-refractivity contribution in [2.45, 2.75) is 0 Å². The first-order chi connectivity index (χ1) is 8.25. The van der Waals surface area contributed by atoms with E-state index < -0.39 is 0 Å². The standard InChI is InChI=1S/C10H7Cl2N5/c11-9-7(5-14-10(12)16-9)6-15-17-8-3-1-2-4-13-8/h1-6H,(H,13,17). The fraction of sp³-hybridized carbons (Fsp3) is 0. The third-order valence-electron chi connectivity index (χ3n) is 1.79. The summed E-state index contributed by atoms with van der Waals surface area (Å²) < 4.78 is 0. The van der Waals surface area contributed by atoms with Gasteiger partial charge in [-0.2, -0.15) is 5.10 Å². The molecule has 0 fully saturated rings. The van der Waals surface area contributed by atoms with Gasteiger partial charge < -0.3 is 0 Å². The molecule has 0 spiro atoms. The molecule has 0 aliphatic carbocycles. The van der Waals surface area contributed by atoms with Crippen molar-refractivity contribution in [3.63, 3.8) is 0 Å². The second-order valence-corrected chi connectivity index (χ2v) is 3.67. The van der Waals surface area contributed by atoms with Crippen LogP contribution in [0.2, 0.25) is 10.4 Å². The van der Waals surface area contributed by atoms with Crippen LogP contribution in [0.25, 0.3) is 0 Å². The molecule has 0 saturated heterocycles. The smallest absolute Gasteiger partial charge is 0.223 e. The van der Waals surface area contributed by atoms with E-state index >= 15 is 0 Å². The van der Waals surface area contributed by atoms with Crippen molar-refractivity contribution in [3.8, 4) is 0 Å². The van der Waals surface area contributed by atoms with Crippen LogP contribution in [-0.4, -0.2) is 21.2 Å². The van der Waals surface area contributed by atoms with Crippen LogP contribution in [0.3, 0.4) is 0 Å². The minimum absolute atomic E-state index is 0.102. The molecule has 0 bridgehead atoms. The maximum absolute atomic E-state index is 5.84. The van der Waals surface area contributed by atoms with Crippen LogP contribution in [0.5, 0.6) is 0 Å². The maximum atomic E-state index is 5.84. The van der Waals surface area contributed by atoms with Gasteiger partial charge in [0.1, 0.15) is 11.0 Å². The zero-order valence-corrected chi connectivity index (χ0v) is 10.0. The summed E-state index contributed by atoms with van der Waals surface area (Å²) >= 11 is 11.4. The molecule has 86 valence electrons. The first-order valence-electron chi connectivity index (χ1n) is 4.64. The molecular weight excluding hydrogens is 261 g/mol. The molecule has 0 aliphatic rings. The number of nitrogens with one attached hydrogen (secondary N) is 1. The Morgan fingerprint density at radius 3 is 2.82 bits per heavy atom. The van der Waals surface area contributed by atoms with E-state index in [-0.39, 0.29) is 10.4 Å². The summed E-state index contributed by atoms with van der Waals surface area (Å²) in [5, 5.41) is 4.31. The Morgan fingerprint density at radius 1 is 1.24 bits per heavy atom. The first kappa shape index (κ1) is 11.8. The Hall–Kier alpha value is -1.72. The summed E-state index contributed by atoms with van der Waals surface area (Å²) in [4.78, 5) is 11.6. The number of nitrogens with zero attached hydrogens (tertiary/aromatic N) is 4. The Labute approximate surface area is 108 Å². The predicted molar refractivity (Wildman–Crippen MR) is 67.5 cm³/mol. The van der Waals surface area contributed by atoms with Crippen molar-refractivity contribution in [3.05, 3.63) is 46.6 Å². The second-order valence-electron chi connectivity index (χ2n) is 2.97. The Balaban J connectivity index is 2.06. The van der Waals surface area contributed by atoms with Crippen molar-refractivity contribution < 1.29 is 0 Å². The normalized spacial score (nSPS) is 10.7. The maximum Gasteiger partial charge on any atom is 0.223 e. The van der Waals surface area contributed by atoms with Gasteiger partial charge in [-0.05, 0) is 23.7 Å². The number of aromatic nitrogens is 3. The Morgan fingerprint density at radius 2 is 2.12 bits per heavy atom. The molecular formula is C10H7Cl2N5. The molecule has 1 N–H and O–H groups in total. The van der Waals surface area contributed by atoms with Crippen LogP contribution in [0.1, 0.15) is 5.56 Å². The number of hydrazone groups is 1. The Bertz CT molecular complexity index is 529. The van der Waals surface area contributed by atoms with Gasteiger partial charge in [0.25, 0.3) is 0 Å². The van der Waals surface area contributed by atoms with Gasteiger partial charge in [0, 0.05) is 12.4 Å². The number of hydrogen-bond donors (Lipinski definition) is 1. The van der Waals surface area contributed by atoms with Crippen LogP contribution in [0.15, 0.2) is 35.7 Å².